The third-order valence-corrected chi connectivity index (χ3v) is 3.50. The molecule has 3 N–H and O–H groups in total. The second kappa shape index (κ2) is 3.72. The van der Waals surface area contributed by atoms with Crippen LogP contribution in [0, 0.1) is 6.92 Å². The van der Waals surface area contributed by atoms with E-state index in [1.807, 2.05) is 0 Å². The number of Topliss-reactive ketones (excluding diaryl/α,β-unsaturated/α-hetero) is 1. The minimum Gasteiger partial charge on any atom is -0.508 e. The molecule has 4 nitrogen and oxygen atoms in total. The van der Waals surface area contributed by atoms with Gasteiger partial charge in [-0.1, -0.05) is 23.8 Å². The van der Waals surface area contributed by atoms with E-state index in [9.17, 15) is 20.1 Å². The molecule has 17 heavy (non-hydrogen) atoms. The first kappa shape index (κ1) is 11.9. The summed E-state index contributed by atoms with van der Waals surface area (Å²) in [4.78, 5) is 11.8. The summed E-state index contributed by atoms with van der Waals surface area (Å²) in [5, 5.41) is 28.4. The van der Waals surface area contributed by atoms with Crippen LogP contribution in [0.15, 0.2) is 16.9 Å². The molecule has 0 atom stereocenters. The van der Waals surface area contributed by atoms with Crippen LogP contribution in [0.4, 0.5) is 0 Å². The number of aliphatic hydroxyl groups excluding tert-OH is 1. The van der Waals surface area contributed by atoms with Crippen molar-refractivity contribution in [2.24, 2.45) is 0 Å². The lowest BCUT2D eigenvalue weighted by molar-refractivity contribution is 0.0973. The van der Waals surface area contributed by atoms with Crippen LogP contribution >= 0.6 is 23.8 Å². The van der Waals surface area contributed by atoms with Crippen molar-refractivity contribution in [2.75, 3.05) is 0 Å². The van der Waals surface area contributed by atoms with Crippen molar-refractivity contribution in [3.63, 3.8) is 0 Å². The van der Waals surface area contributed by atoms with Gasteiger partial charge in [-0.05, 0) is 6.92 Å². The number of fused-ring (bicyclic) bond motifs is 1. The molecule has 0 amide bonds. The maximum Gasteiger partial charge on any atom is 0.233 e. The summed E-state index contributed by atoms with van der Waals surface area (Å²) in [5.74, 6) is -2.13. The van der Waals surface area contributed by atoms with Crippen LogP contribution in [-0.4, -0.2) is 26.0 Å². The summed E-state index contributed by atoms with van der Waals surface area (Å²) in [6.07, 6.45) is 0. The smallest absolute Gasteiger partial charge is 0.233 e. The normalized spacial score (nSPS) is 15.2. The second-order valence-corrected chi connectivity index (χ2v) is 4.40. The molecule has 1 aromatic carbocycles. The summed E-state index contributed by atoms with van der Waals surface area (Å²) in [6, 6.07) is 1.03. The number of carbonyl (C=O) groups excluding carboxylic acids is 1. The molecule has 0 aliphatic heterocycles. The van der Waals surface area contributed by atoms with Crippen molar-refractivity contribution in [3.8, 4) is 11.5 Å². The number of thiocarbonyl (C=S) groups is 1. The third kappa shape index (κ3) is 1.50. The highest BCUT2D eigenvalue weighted by atomic mass is 35.5. The Labute approximate surface area is 107 Å². The molecule has 6 heteroatoms. The van der Waals surface area contributed by atoms with Crippen LogP contribution in [0.5, 0.6) is 11.5 Å². The lowest BCUT2D eigenvalue weighted by atomic mass is 9.89. The van der Waals surface area contributed by atoms with Gasteiger partial charge < -0.3 is 15.3 Å². The highest BCUT2D eigenvalue weighted by Gasteiger charge is 2.33. The summed E-state index contributed by atoms with van der Waals surface area (Å²) in [6.45, 7) is 1.54. The van der Waals surface area contributed by atoms with Crippen LogP contribution in [0.25, 0.3) is 0 Å². The molecule has 0 unspecified atom stereocenters. The number of ketones is 1. The number of hydrogen-bond donors (Lipinski definition) is 3. The zero-order valence-electron chi connectivity index (χ0n) is 8.61. The molecule has 0 saturated heterocycles. The van der Waals surface area contributed by atoms with Gasteiger partial charge in [0.1, 0.15) is 16.5 Å². The number of hydrogen-bond acceptors (Lipinski definition) is 5. The Morgan fingerprint density at radius 1 is 1.18 bits per heavy atom. The van der Waals surface area contributed by atoms with E-state index in [0.29, 0.717) is 5.56 Å². The van der Waals surface area contributed by atoms with E-state index in [-0.39, 0.29) is 26.8 Å². The van der Waals surface area contributed by atoms with E-state index in [4.69, 9.17) is 23.8 Å². The number of aromatic hydroxyl groups is 2. The Balaban J connectivity index is 2.90. The molecule has 0 spiro atoms. The van der Waals surface area contributed by atoms with Gasteiger partial charge in [0.25, 0.3) is 0 Å². The predicted octanol–water partition coefficient (Wildman–Crippen LogP) is 2.33. The molecule has 0 heterocycles. The molecule has 1 aliphatic carbocycles. The zero-order valence-corrected chi connectivity index (χ0v) is 10.2. The number of halogens is 1. The second-order valence-electron chi connectivity index (χ2n) is 3.61. The third-order valence-electron chi connectivity index (χ3n) is 2.62. The molecular weight excluding hydrogens is 264 g/mol. The molecule has 1 aliphatic rings. The van der Waals surface area contributed by atoms with E-state index in [0.717, 1.165) is 6.07 Å². The number of allylic oxidation sites excluding steroid dienone is 2. The topological polar surface area (TPSA) is 77.8 Å². The molecule has 0 fully saturated rings. The molecule has 0 bridgehead atoms. The Bertz CT molecular complexity index is 604. The fourth-order valence-corrected chi connectivity index (χ4v) is 2.23. The van der Waals surface area contributed by atoms with Crippen LogP contribution < -0.4 is 0 Å². The van der Waals surface area contributed by atoms with E-state index in [2.05, 4.69) is 0 Å². The fraction of sp³-hybridized carbons (Fsp3) is 0.0909. The van der Waals surface area contributed by atoms with Crippen molar-refractivity contribution >= 4 is 34.5 Å². The Hall–Kier alpha value is -1.59. The molecule has 2 rings (SSSR count). The summed E-state index contributed by atoms with van der Waals surface area (Å²) in [7, 11) is 0. The molecule has 0 aromatic heterocycles. The van der Waals surface area contributed by atoms with Crippen molar-refractivity contribution in [2.45, 2.75) is 6.92 Å². The number of phenols is 2. The number of rotatable bonds is 0. The van der Waals surface area contributed by atoms with Crippen molar-refractivity contribution in [1.82, 2.24) is 0 Å². The van der Waals surface area contributed by atoms with Gasteiger partial charge in [-0.15, -0.1) is 0 Å². The lowest BCUT2D eigenvalue weighted by Crippen LogP contribution is -2.20. The average molecular weight is 271 g/mol. The summed E-state index contributed by atoms with van der Waals surface area (Å²) in [5.41, 5.74) is 0.388. The molecule has 0 saturated carbocycles. The van der Waals surface area contributed by atoms with Gasteiger partial charge in [-0.2, -0.15) is 0 Å². The predicted molar refractivity (Wildman–Crippen MR) is 66.0 cm³/mol. The number of carbonyl (C=O) groups is 1. The standard InChI is InChI=1S/C11H7ClO4S/c1-3-4(13)2-5(14)7-6(3)11(17)8(12)10(16)9(7)15/h2,13-14,16H,1H3. The first-order valence-electron chi connectivity index (χ1n) is 4.60. The van der Waals surface area contributed by atoms with Gasteiger partial charge in [-0.3, -0.25) is 4.79 Å². The Morgan fingerprint density at radius 3 is 2.35 bits per heavy atom. The molecule has 1 aromatic rings. The lowest BCUT2D eigenvalue weighted by Gasteiger charge is -2.19. The van der Waals surface area contributed by atoms with Crippen LogP contribution in [0.1, 0.15) is 21.5 Å². The van der Waals surface area contributed by atoms with Crippen LogP contribution in [-0.2, 0) is 0 Å². The van der Waals surface area contributed by atoms with Gasteiger partial charge in [-0.25, -0.2) is 0 Å². The largest absolute Gasteiger partial charge is 0.508 e. The van der Waals surface area contributed by atoms with Crippen LogP contribution in [0.3, 0.4) is 0 Å². The number of benzene rings is 1. The number of phenolic OH excluding ortho intramolecular Hbond substituents is 2. The summed E-state index contributed by atoms with van der Waals surface area (Å²) < 4.78 is 0. The van der Waals surface area contributed by atoms with Crippen LogP contribution in [0.2, 0.25) is 0 Å². The van der Waals surface area contributed by atoms with E-state index >= 15 is 0 Å². The van der Waals surface area contributed by atoms with Gasteiger partial charge in [0, 0.05) is 17.2 Å². The van der Waals surface area contributed by atoms with E-state index in [1.165, 1.54) is 0 Å². The first-order chi connectivity index (χ1) is 7.86. The minimum atomic E-state index is -0.806. The van der Waals surface area contributed by atoms with Gasteiger partial charge >= 0.3 is 0 Å². The first-order valence-corrected chi connectivity index (χ1v) is 5.38. The van der Waals surface area contributed by atoms with Gasteiger partial charge in [0.05, 0.1) is 10.4 Å². The molecular formula is C11H7ClO4S. The highest BCUT2D eigenvalue weighted by Crippen LogP contribution is 2.38. The zero-order chi connectivity index (χ0) is 12.9. The molecule has 0 radical (unpaired) electrons. The fourth-order valence-electron chi connectivity index (χ4n) is 1.70. The SMILES string of the molecule is Cc1c(O)cc(O)c2c1C(=S)C(Cl)=C(O)C2=O. The maximum absolute atomic E-state index is 11.8. The monoisotopic (exact) mass is 270 g/mol. The summed E-state index contributed by atoms with van der Waals surface area (Å²) >= 11 is 10.7. The van der Waals surface area contributed by atoms with Gasteiger partial charge in [0.15, 0.2) is 5.76 Å². The van der Waals surface area contributed by atoms with E-state index in [1.54, 1.807) is 6.92 Å². The highest BCUT2D eigenvalue weighted by molar-refractivity contribution is 7.81. The average Bonchev–Trinajstić information content (AvgIpc) is 2.28. The Kier molecular flexibility index (Phi) is 2.60. The maximum atomic E-state index is 11.8. The van der Waals surface area contributed by atoms with E-state index < -0.39 is 17.3 Å². The number of aliphatic hydroxyl groups is 1. The quantitative estimate of drug-likeness (QED) is 0.631. The minimum absolute atomic E-state index is 0.0301. The van der Waals surface area contributed by atoms with Crippen molar-refractivity contribution in [3.05, 3.63) is 33.5 Å². The Morgan fingerprint density at radius 2 is 1.76 bits per heavy atom. The van der Waals surface area contributed by atoms with Gasteiger partial charge in [0.2, 0.25) is 5.78 Å². The van der Waals surface area contributed by atoms with Crippen molar-refractivity contribution in [1.29, 1.82) is 0 Å². The molecule has 88 valence electrons. The van der Waals surface area contributed by atoms with Crippen molar-refractivity contribution < 1.29 is 20.1 Å².